The van der Waals surface area contributed by atoms with Gasteiger partial charge in [-0.1, -0.05) is 0 Å². The molecule has 0 bridgehead atoms. The second-order valence-corrected chi connectivity index (χ2v) is 4.21. The van der Waals surface area contributed by atoms with Crippen LogP contribution in [-0.4, -0.2) is 18.4 Å². The van der Waals surface area contributed by atoms with Crippen molar-refractivity contribution >= 4 is 27.7 Å². The van der Waals surface area contributed by atoms with Crippen molar-refractivity contribution in [3.05, 3.63) is 34.1 Å². The lowest BCUT2D eigenvalue weighted by atomic mass is 10.1. The Bertz CT molecular complexity index is 432. The highest BCUT2D eigenvalue weighted by Gasteiger charge is 2.13. The molecule has 0 unspecified atom stereocenters. The molecule has 0 atom stereocenters. The van der Waals surface area contributed by atoms with Crippen LogP contribution in [0.1, 0.15) is 30.1 Å². The van der Waals surface area contributed by atoms with Crippen molar-refractivity contribution in [1.82, 2.24) is 0 Å². The molecule has 0 aliphatic carbocycles. The number of ether oxygens (including phenoxy) is 1. The first-order valence-electron chi connectivity index (χ1n) is 5.18. The molecular weight excluding hydrogens is 291 g/mol. The monoisotopic (exact) mass is 302 g/mol. The number of ketones is 1. The van der Waals surface area contributed by atoms with E-state index in [4.69, 9.17) is 4.74 Å². The largest absolute Gasteiger partial charge is 0.466 e. The fourth-order valence-electron chi connectivity index (χ4n) is 1.30. The van der Waals surface area contributed by atoms with Gasteiger partial charge in [0.1, 0.15) is 5.82 Å². The molecule has 0 aliphatic heterocycles. The lowest BCUT2D eigenvalue weighted by Gasteiger charge is -2.04. The van der Waals surface area contributed by atoms with Gasteiger partial charge in [-0.3, -0.25) is 9.59 Å². The molecule has 1 aromatic rings. The molecule has 0 heterocycles. The maximum atomic E-state index is 12.8. The standard InChI is InChI=1S/C12H12BrFO3/c1-2-17-12(16)6-5-11(15)9-4-3-8(14)7-10(9)13/h3-4,7H,2,5-6H2,1H3. The van der Waals surface area contributed by atoms with Crippen LogP contribution in [-0.2, 0) is 9.53 Å². The summed E-state index contributed by atoms with van der Waals surface area (Å²) in [5.74, 6) is -1.04. The van der Waals surface area contributed by atoms with Crippen LogP contribution in [0.15, 0.2) is 22.7 Å². The molecule has 5 heteroatoms. The molecule has 17 heavy (non-hydrogen) atoms. The summed E-state index contributed by atoms with van der Waals surface area (Å²) >= 11 is 3.11. The lowest BCUT2D eigenvalue weighted by Crippen LogP contribution is -2.08. The quantitative estimate of drug-likeness (QED) is 0.620. The predicted octanol–water partition coefficient (Wildman–Crippen LogP) is 3.11. The van der Waals surface area contributed by atoms with Crippen molar-refractivity contribution < 1.29 is 18.7 Å². The van der Waals surface area contributed by atoms with E-state index in [1.807, 2.05) is 0 Å². The molecule has 0 radical (unpaired) electrons. The van der Waals surface area contributed by atoms with E-state index in [1.54, 1.807) is 6.92 Å². The van der Waals surface area contributed by atoms with E-state index >= 15 is 0 Å². The molecule has 0 N–H and O–H groups in total. The van der Waals surface area contributed by atoms with Gasteiger partial charge in [0.15, 0.2) is 5.78 Å². The highest BCUT2D eigenvalue weighted by molar-refractivity contribution is 9.10. The highest BCUT2D eigenvalue weighted by Crippen LogP contribution is 2.20. The van der Waals surface area contributed by atoms with E-state index < -0.39 is 11.8 Å². The minimum absolute atomic E-state index is 0.0382. The van der Waals surface area contributed by atoms with Gasteiger partial charge in [0.2, 0.25) is 0 Å². The molecule has 0 fully saturated rings. The van der Waals surface area contributed by atoms with Crippen molar-refractivity contribution in [3.63, 3.8) is 0 Å². The Morgan fingerprint density at radius 2 is 2.06 bits per heavy atom. The molecule has 1 aromatic carbocycles. The van der Waals surface area contributed by atoms with Gasteiger partial charge >= 0.3 is 5.97 Å². The number of benzene rings is 1. The average molecular weight is 303 g/mol. The summed E-state index contributed by atoms with van der Waals surface area (Å²) in [6, 6.07) is 3.83. The fraction of sp³-hybridized carbons (Fsp3) is 0.333. The van der Waals surface area contributed by atoms with E-state index in [1.165, 1.54) is 18.2 Å². The van der Waals surface area contributed by atoms with Crippen LogP contribution in [0.5, 0.6) is 0 Å². The van der Waals surface area contributed by atoms with Crippen LogP contribution in [0.4, 0.5) is 4.39 Å². The maximum absolute atomic E-state index is 12.8. The van der Waals surface area contributed by atoms with Crippen LogP contribution in [0.3, 0.4) is 0 Å². The Morgan fingerprint density at radius 1 is 1.35 bits per heavy atom. The smallest absolute Gasteiger partial charge is 0.306 e. The second kappa shape index (κ2) is 6.49. The molecule has 0 saturated heterocycles. The summed E-state index contributed by atoms with van der Waals surface area (Å²) < 4.78 is 17.9. The Balaban J connectivity index is 2.61. The third kappa shape index (κ3) is 4.26. The van der Waals surface area contributed by atoms with Gasteiger partial charge in [-0.05, 0) is 41.1 Å². The van der Waals surface area contributed by atoms with Crippen LogP contribution >= 0.6 is 15.9 Å². The number of halogens is 2. The van der Waals surface area contributed by atoms with Gasteiger partial charge in [0.25, 0.3) is 0 Å². The van der Waals surface area contributed by atoms with E-state index in [0.717, 1.165) is 0 Å². The molecular formula is C12H12BrFO3. The van der Waals surface area contributed by atoms with Crippen molar-refractivity contribution in [2.75, 3.05) is 6.61 Å². The van der Waals surface area contributed by atoms with E-state index in [0.29, 0.717) is 16.6 Å². The second-order valence-electron chi connectivity index (χ2n) is 3.35. The van der Waals surface area contributed by atoms with Gasteiger partial charge in [0, 0.05) is 16.5 Å². The van der Waals surface area contributed by atoms with Gasteiger partial charge in [-0.25, -0.2) is 4.39 Å². The van der Waals surface area contributed by atoms with Crippen LogP contribution in [0, 0.1) is 5.82 Å². The van der Waals surface area contributed by atoms with Crippen LogP contribution < -0.4 is 0 Å². The number of carbonyl (C=O) groups is 2. The number of Topliss-reactive ketones (excluding diaryl/α,β-unsaturated/α-hetero) is 1. The predicted molar refractivity (Wildman–Crippen MR) is 64.3 cm³/mol. The summed E-state index contributed by atoms with van der Waals surface area (Å²) in [7, 11) is 0. The Labute approximate surface area is 107 Å². The van der Waals surface area contributed by atoms with E-state index in [-0.39, 0.29) is 18.6 Å². The summed E-state index contributed by atoms with van der Waals surface area (Å²) in [6.45, 7) is 2.00. The molecule has 0 saturated carbocycles. The number of carbonyl (C=O) groups excluding carboxylic acids is 2. The van der Waals surface area contributed by atoms with Crippen LogP contribution in [0.2, 0.25) is 0 Å². The third-order valence-electron chi connectivity index (χ3n) is 2.09. The Kier molecular flexibility index (Phi) is 5.28. The number of hydrogen-bond acceptors (Lipinski definition) is 3. The molecule has 0 spiro atoms. The van der Waals surface area contributed by atoms with Crippen molar-refractivity contribution in [2.24, 2.45) is 0 Å². The fourth-order valence-corrected chi connectivity index (χ4v) is 1.87. The molecule has 0 aliphatic rings. The van der Waals surface area contributed by atoms with Gasteiger partial charge in [-0.2, -0.15) is 0 Å². The molecule has 1 rings (SSSR count). The lowest BCUT2D eigenvalue weighted by molar-refractivity contribution is -0.143. The first kappa shape index (κ1) is 13.8. The minimum atomic E-state index is -0.418. The zero-order chi connectivity index (χ0) is 12.8. The SMILES string of the molecule is CCOC(=O)CCC(=O)c1ccc(F)cc1Br. The highest BCUT2D eigenvalue weighted by atomic mass is 79.9. The number of esters is 1. The van der Waals surface area contributed by atoms with Crippen molar-refractivity contribution in [3.8, 4) is 0 Å². The molecule has 3 nitrogen and oxygen atoms in total. The first-order chi connectivity index (χ1) is 8.04. The Hall–Kier alpha value is -1.23. The molecule has 0 amide bonds. The van der Waals surface area contributed by atoms with E-state index in [9.17, 15) is 14.0 Å². The molecule has 92 valence electrons. The topological polar surface area (TPSA) is 43.4 Å². The molecule has 0 aromatic heterocycles. The average Bonchev–Trinajstić information content (AvgIpc) is 2.26. The van der Waals surface area contributed by atoms with Crippen molar-refractivity contribution in [2.45, 2.75) is 19.8 Å². The van der Waals surface area contributed by atoms with E-state index in [2.05, 4.69) is 15.9 Å². The van der Waals surface area contributed by atoms with Gasteiger partial charge in [-0.15, -0.1) is 0 Å². The third-order valence-corrected chi connectivity index (χ3v) is 2.75. The maximum Gasteiger partial charge on any atom is 0.306 e. The number of rotatable bonds is 5. The van der Waals surface area contributed by atoms with Crippen molar-refractivity contribution in [1.29, 1.82) is 0 Å². The number of hydrogen-bond donors (Lipinski definition) is 0. The van der Waals surface area contributed by atoms with Gasteiger partial charge < -0.3 is 4.74 Å². The zero-order valence-electron chi connectivity index (χ0n) is 9.33. The van der Waals surface area contributed by atoms with Crippen LogP contribution in [0.25, 0.3) is 0 Å². The first-order valence-corrected chi connectivity index (χ1v) is 5.97. The Morgan fingerprint density at radius 3 is 2.65 bits per heavy atom. The zero-order valence-corrected chi connectivity index (χ0v) is 10.9. The normalized spacial score (nSPS) is 10.1. The van der Waals surface area contributed by atoms with Gasteiger partial charge in [0.05, 0.1) is 13.0 Å². The summed E-state index contributed by atoms with van der Waals surface area (Å²) in [4.78, 5) is 22.8. The minimum Gasteiger partial charge on any atom is -0.466 e. The summed E-state index contributed by atoms with van der Waals surface area (Å²) in [6.07, 6.45) is 0.0968. The summed E-state index contributed by atoms with van der Waals surface area (Å²) in [5, 5.41) is 0. The summed E-state index contributed by atoms with van der Waals surface area (Å²) in [5.41, 5.74) is 0.371.